The lowest BCUT2D eigenvalue weighted by molar-refractivity contribution is -0.142. The van der Waals surface area contributed by atoms with Crippen LogP contribution < -0.4 is 5.32 Å². The number of nitrogens with one attached hydrogen (secondary N) is 1. The van der Waals surface area contributed by atoms with E-state index in [1.165, 1.54) is 6.92 Å². The molecule has 0 spiro atoms. The van der Waals surface area contributed by atoms with E-state index < -0.39 is 29.8 Å². The van der Waals surface area contributed by atoms with Crippen molar-refractivity contribution in [1.82, 2.24) is 9.97 Å². The Kier molecular flexibility index (Phi) is 3.82. The molecule has 1 fully saturated rings. The molecule has 0 amide bonds. The number of hydrogen-bond acceptors (Lipinski definition) is 4. The zero-order valence-electron chi connectivity index (χ0n) is 10.7. The maximum atomic E-state index is 12.7. The molecule has 1 aliphatic rings. The average molecular weight is 289 g/mol. The van der Waals surface area contributed by atoms with Crippen LogP contribution in [0.1, 0.15) is 30.7 Å². The van der Waals surface area contributed by atoms with Crippen LogP contribution in [0.5, 0.6) is 0 Å². The summed E-state index contributed by atoms with van der Waals surface area (Å²) in [6.07, 6.45) is -2.75. The Hall–Kier alpha value is -1.86. The van der Waals surface area contributed by atoms with Gasteiger partial charge in [0.05, 0.1) is 5.92 Å². The van der Waals surface area contributed by atoms with Gasteiger partial charge in [-0.2, -0.15) is 13.2 Å². The number of hydrogen-bond donors (Lipinski definition) is 2. The number of carboxylic acids is 1. The van der Waals surface area contributed by atoms with Crippen molar-refractivity contribution >= 4 is 11.9 Å². The first-order valence-corrected chi connectivity index (χ1v) is 6.19. The Balaban J connectivity index is 2.21. The van der Waals surface area contributed by atoms with E-state index in [9.17, 15) is 18.0 Å². The van der Waals surface area contributed by atoms with E-state index in [0.717, 1.165) is 6.07 Å². The van der Waals surface area contributed by atoms with Crippen molar-refractivity contribution in [3.05, 3.63) is 17.5 Å². The molecular formula is C12H14F3N3O2. The summed E-state index contributed by atoms with van der Waals surface area (Å²) in [5.41, 5.74) is -0.850. The van der Waals surface area contributed by atoms with Crippen molar-refractivity contribution in [1.29, 1.82) is 0 Å². The Morgan fingerprint density at radius 2 is 2.10 bits per heavy atom. The van der Waals surface area contributed by atoms with Crippen molar-refractivity contribution < 1.29 is 23.1 Å². The number of nitrogens with zero attached hydrogens (tertiary/aromatic N) is 2. The molecule has 0 aliphatic heterocycles. The number of aromatic nitrogens is 2. The van der Waals surface area contributed by atoms with Crippen LogP contribution in [0.4, 0.5) is 19.1 Å². The summed E-state index contributed by atoms with van der Waals surface area (Å²) in [7, 11) is 0. The quantitative estimate of drug-likeness (QED) is 0.894. The number of halogens is 3. The second-order valence-corrected chi connectivity index (χ2v) is 4.84. The Morgan fingerprint density at radius 1 is 1.40 bits per heavy atom. The van der Waals surface area contributed by atoms with Gasteiger partial charge in [-0.3, -0.25) is 4.79 Å². The van der Waals surface area contributed by atoms with Gasteiger partial charge in [-0.1, -0.05) is 6.42 Å². The highest BCUT2D eigenvalue weighted by atomic mass is 19.4. The molecule has 5 nitrogen and oxygen atoms in total. The summed E-state index contributed by atoms with van der Waals surface area (Å²) >= 11 is 0. The summed E-state index contributed by atoms with van der Waals surface area (Å²) < 4.78 is 38.0. The Bertz CT molecular complexity index is 519. The van der Waals surface area contributed by atoms with Crippen LogP contribution in [0.15, 0.2) is 6.07 Å². The SMILES string of the molecule is Cc1cc(C(F)(F)F)nc(N[C@@H]2CCC[C@@H]2C(=O)O)n1. The largest absolute Gasteiger partial charge is 0.481 e. The van der Waals surface area contributed by atoms with Gasteiger partial charge < -0.3 is 10.4 Å². The molecule has 0 aromatic carbocycles. The van der Waals surface area contributed by atoms with E-state index in [2.05, 4.69) is 15.3 Å². The number of rotatable bonds is 3. The fourth-order valence-corrected chi connectivity index (χ4v) is 2.37. The fourth-order valence-electron chi connectivity index (χ4n) is 2.37. The second-order valence-electron chi connectivity index (χ2n) is 4.84. The second kappa shape index (κ2) is 5.26. The molecule has 1 heterocycles. The Labute approximate surface area is 113 Å². The minimum absolute atomic E-state index is 0.171. The van der Waals surface area contributed by atoms with Gasteiger partial charge in [0.15, 0.2) is 0 Å². The maximum Gasteiger partial charge on any atom is 0.433 e. The molecular weight excluding hydrogens is 275 g/mol. The fraction of sp³-hybridized carbons (Fsp3) is 0.583. The predicted octanol–water partition coefficient (Wildman–Crippen LogP) is 2.47. The number of aliphatic carboxylic acids is 1. The zero-order valence-corrected chi connectivity index (χ0v) is 10.7. The molecule has 2 atom stereocenters. The van der Waals surface area contributed by atoms with Gasteiger partial charge in [-0.25, -0.2) is 9.97 Å². The highest BCUT2D eigenvalue weighted by Crippen LogP contribution is 2.31. The van der Waals surface area contributed by atoms with E-state index in [-0.39, 0.29) is 11.6 Å². The number of alkyl halides is 3. The van der Waals surface area contributed by atoms with Gasteiger partial charge in [0.1, 0.15) is 5.69 Å². The summed E-state index contributed by atoms with van der Waals surface area (Å²) in [4.78, 5) is 18.3. The van der Waals surface area contributed by atoms with E-state index in [4.69, 9.17) is 5.11 Å². The molecule has 1 aromatic heterocycles. The standard InChI is InChI=1S/C12H14F3N3O2/c1-6-5-9(12(13,14)15)18-11(16-6)17-8-4-2-3-7(8)10(19)20/h5,7-8H,2-4H2,1H3,(H,19,20)(H,16,17,18)/t7-,8+/m0/s1. The predicted molar refractivity (Wildman–Crippen MR) is 64.2 cm³/mol. The van der Waals surface area contributed by atoms with Gasteiger partial charge in [0.25, 0.3) is 0 Å². The summed E-state index contributed by atoms with van der Waals surface area (Å²) in [6, 6.07) is 0.421. The summed E-state index contributed by atoms with van der Waals surface area (Å²) in [6.45, 7) is 1.44. The van der Waals surface area contributed by atoms with Crippen LogP contribution in [0.25, 0.3) is 0 Å². The van der Waals surface area contributed by atoms with Crippen LogP contribution in [0.3, 0.4) is 0 Å². The smallest absolute Gasteiger partial charge is 0.433 e. The Morgan fingerprint density at radius 3 is 2.70 bits per heavy atom. The monoisotopic (exact) mass is 289 g/mol. The van der Waals surface area contributed by atoms with Crippen molar-refractivity contribution in [3.8, 4) is 0 Å². The topological polar surface area (TPSA) is 75.1 Å². The average Bonchev–Trinajstić information content (AvgIpc) is 2.75. The van der Waals surface area contributed by atoms with Crippen molar-refractivity contribution in [2.75, 3.05) is 5.32 Å². The molecule has 0 saturated heterocycles. The number of anilines is 1. The first-order valence-electron chi connectivity index (χ1n) is 6.19. The van der Waals surface area contributed by atoms with Crippen LogP contribution >= 0.6 is 0 Å². The third-order valence-corrected chi connectivity index (χ3v) is 3.29. The molecule has 1 aliphatic carbocycles. The molecule has 1 aromatic rings. The van der Waals surface area contributed by atoms with E-state index in [1.54, 1.807) is 0 Å². The number of carbonyl (C=O) groups is 1. The van der Waals surface area contributed by atoms with Crippen LogP contribution in [-0.4, -0.2) is 27.1 Å². The van der Waals surface area contributed by atoms with Gasteiger partial charge in [-0.05, 0) is 25.8 Å². The third-order valence-electron chi connectivity index (χ3n) is 3.29. The minimum Gasteiger partial charge on any atom is -0.481 e. The number of aryl methyl sites for hydroxylation is 1. The molecule has 0 bridgehead atoms. The van der Waals surface area contributed by atoms with Crippen LogP contribution in [0.2, 0.25) is 0 Å². The molecule has 8 heteroatoms. The molecule has 2 rings (SSSR count). The molecule has 0 unspecified atom stereocenters. The van der Waals surface area contributed by atoms with Gasteiger partial charge in [-0.15, -0.1) is 0 Å². The normalized spacial score (nSPS) is 22.8. The molecule has 1 saturated carbocycles. The minimum atomic E-state index is -4.55. The van der Waals surface area contributed by atoms with Gasteiger partial charge in [0, 0.05) is 11.7 Å². The molecule has 110 valence electrons. The number of carboxylic acid groups (broad SMARTS) is 1. The summed E-state index contributed by atoms with van der Waals surface area (Å²) in [5.74, 6) is -1.74. The van der Waals surface area contributed by atoms with E-state index >= 15 is 0 Å². The third kappa shape index (κ3) is 3.17. The van der Waals surface area contributed by atoms with Crippen molar-refractivity contribution in [2.24, 2.45) is 5.92 Å². The maximum absolute atomic E-state index is 12.7. The first kappa shape index (κ1) is 14.5. The molecule has 20 heavy (non-hydrogen) atoms. The molecule has 2 N–H and O–H groups in total. The first-order chi connectivity index (χ1) is 9.27. The van der Waals surface area contributed by atoms with Crippen molar-refractivity contribution in [2.45, 2.75) is 38.4 Å². The lowest BCUT2D eigenvalue weighted by atomic mass is 10.0. The molecule has 0 radical (unpaired) electrons. The lowest BCUT2D eigenvalue weighted by Gasteiger charge is -2.18. The van der Waals surface area contributed by atoms with E-state index in [0.29, 0.717) is 19.3 Å². The van der Waals surface area contributed by atoms with Crippen LogP contribution in [0, 0.1) is 12.8 Å². The van der Waals surface area contributed by atoms with Crippen molar-refractivity contribution in [3.63, 3.8) is 0 Å². The highest BCUT2D eigenvalue weighted by molar-refractivity contribution is 5.72. The van der Waals surface area contributed by atoms with Crippen LogP contribution in [-0.2, 0) is 11.0 Å². The van der Waals surface area contributed by atoms with Gasteiger partial charge in [0.2, 0.25) is 5.95 Å². The lowest BCUT2D eigenvalue weighted by Crippen LogP contribution is -2.30. The summed E-state index contributed by atoms with van der Waals surface area (Å²) in [5, 5.41) is 11.8. The van der Waals surface area contributed by atoms with Gasteiger partial charge >= 0.3 is 12.1 Å². The highest BCUT2D eigenvalue weighted by Gasteiger charge is 2.35. The zero-order chi connectivity index (χ0) is 14.9. The van der Waals surface area contributed by atoms with E-state index in [1.807, 2.05) is 0 Å².